The molecule has 1 aromatic heterocycles. The Kier molecular flexibility index (Phi) is 6.79. The summed E-state index contributed by atoms with van der Waals surface area (Å²) in [5.74, 6) is -1.31. The van der Waals surface area contributed by atoms with Gasteiger partial charge in [0, 0.05) is 30.3 Å². The standard InChI is InChI=1S/C25H19F2NO6S2/c1-35(29,30)21-7-4-18(5-8-21)34-24-10-6-19(13-25(24)36(2,31)32)33-20-11-17(14-28-15-20)16-3-9-22(26)23(27)12-16/h3-15H,1-2H3. The quantitative estimate of drug-likeness (QED) is 0.314. The molecule has 0 saturated heterocycles. The number of hydrogen-bond donors (Lipinski definition) is 0. The van der Waals surface area contributed by atoms with E-state index in [9.17, 15) is 25.6 Å². The van der Waals surface area contributed by atoms with Gasteiger partial charge in [0.1, 0.15) is 27.9 Å². The third kappa shape index (κ3) is 5.86. The van der Waals surface area contributed by atoms with Crippen LogP contribution in [0.25, 0.3) is 11.1 Å². The Morgan fingerprint density at radius 3 is 1.97 bits per heavy atom. The van der Waals surface area contributed by atoms with Crippen molar-refractivity contribution in [2.75, 3.05) is 12.5 Å². The minimum Gasteiger partial charge on any atom is -0.456 e. The zero-order chi connectivity index (χ0) is 26.1. The molecule has 0 unspecified atom stereocenters. The Labute approximate surface area is 206 Å². The number of ether oxygens (including phenoxy) is 2. The summed E-state index contributed by atoms with van der Waals surface area (Å²) in [4.78, 5) is 3.99. The molecule has 0 aliphatic rings. The van der Waals surface area contributed by atoms with Crippen molar-refractivity contribution in [2.45, 2.75) is 9.79 Å². The summed E-state index contributed by atoms with van der Waals surface area (Å²) >= 11 is 0. The molecule has 0 bridgehead atoms. The molecule has 1 heterocycles. The van der Waals surface area contributed by atoms with E-state index in [1.807, 2.05) is 0 Å². The normalized spacial score (nSPS) is 11.8. The summed E-state index contributed by atoms with van der Waals surface area (Å²) in [5.41, 5.74) is 0.849. The lowest BCUT2D eigenvalue weighted by Gasteiger charge is -2.13. The van der Waals surface area contributed by atoms with E-state index in [1.165, 1.54) is 60.9 Å². The largest absolute Gasteiger partial charge is 0.456 e. The van der Waals surface area contributed by atoms with Gasteiger partial charge in [0.15, 0.2) is 31.3 Å². The zero-order valence-electron chi connectivity index (χ0n) is 19.0. The van der Waals surface area contributed by atoms with E-state index in [1.54, 1.807) is 6.07 Å². The van der Waals surface area contributed by atoms with Crippen molar-refractivity contribution >= 4 is 19.7 Å². The van der Waals surface area contributed by atoms with Crippen LogP contribution < -0.4 is 9.47 Å². The van der Waals surface area contributed by atoms with Crippen molar-refractivity contribution in [3.8, 4) is 34.1 Å². The highest BCUT2D eigenvalue weighted by Gasteiger charge is 2.18. The first kappa shape index (κ1) is 25.3. The van der Waals surface area contributed by atoms with Crippen molar-refractivity contribution < 1.29 is 35.1 Å². The lowest BCUT2D eigenvalue weighted by Crippen LogP contribution is -2.01. The first-order chi connectivity index (χ1) is 16.9. The van der Waals surface area contributed by atoms with Crippen LogP contribution in [0.1, 0.15) is 0 Å². The summed E-state index contributed by atoms with van der Waals surface area (Å²) < 4.78 is 86.5. The maximum atomic E-state index is 13.6. The number of pyridine rings is 1. The molecule has 0 fully saturated rings. The molecular formula is C25H19F2NO6S2. The van der Waals surface area contributed by atoms with Crippen LogP contribution in [-0.2, 0) is 19.7 Å². The molecule has 4 rings (SSSR count). The number of benzene rings is 3. The SMILES string of the molecule is CS(=O)(=O)c1ccc(Oc2ccc(Oc3cncc(-c4ccc(F)c(F)c4)c3)cc2S(C)(=O)=O)cc1. The maximum Gasteiger partial charge on any atom is 0.179 e. The van der Waals surface area contributed by atoms with Crippen LogP contribution in [0, 0.1) is 11.6 Å². The first-order valence-corrected chi connectivity index (χ1v) is 14.1. The molecule has 36 heavy (non-hydrogen) atoms. The second-order valence-corrected chi connectivity index (χ2v) is 11.9. The summed E-state index contributed by atoms with van der Waals surface area (Å²) in [7, 11) is -7.15. The van der Waals surface area contributed by atoms with Gasteiger partial charge in [0.25, 0.3) is 0 Å². The third-order valence-electron chi connectivity index (χ3n) is 5.00. The molecule has 186 valence electrons. The van der Waals surface area contributed by atoms with Crippen LogP contribution in [0.4, 0.5) is 8.78 Å². The summed E-state index contributed by atoms with van der Waals surface area (Å²) in [6.07, 6.45) is 4.92. The van der Waals surface area contributed by atoms with Crippen molar-refractivity contribution in [3.63, 3.8) is 0 Å². The highest BCUT2D eigenvalue weighted by molar-refractivity contribution is 7.91. The van der Waals surface area contributed by atoms with Gasteiger partial charge in [-0.1, -0.05) is 6.07 Å². The van der Waals surface area contributed by atoms with E-state index in [-0.39, 0.29) is 32.8 Å². The van der Waals surface area contributed by atoms with E-state index in [4.69, 9.17) is 9.47 Å². The van der Waals surface area contributed by atoms with Crippen molar-refractivity contribution in [2.24, 2.45) is 0 Å². The molecule has 3 aromatic carbocycles. The average Bonchev–Trinajstić information content (AvgIpc) is 2.81. The molecule has 0 N–H and O–H groups in total. The van der Waals surface area contributed by atoms with E-state index in [0.29, 0.717) is 11.1 Å². The topological polar surface area (TPSA) is 99.6 Å². The van der Waals surface area contributed by atoms with Crippen LogP contribution in [0.15, 0.2) is 88.9 Å². The van der Waals surface area contributed by atoms with E-state index < -0.39 is 31.3 Å². The van der Waals surface area contributed by atoms with E-state index in [0.717, 1.165) is 24.6 Å². The minimum absolute atomic E-state index is 0.0191. The van der Waals surface area contributed by atoms with E-state index in [2.05, 4.69) is 4.98 Å². The molecule has 11 heteroatoms. The lowest BCUT2D eigenvalue weighted by molar-refractivity contribution is 0.455. The van der Waals surface area contributed by atoms with Crippen molar-refractivity contribution in [3.05, 3.63) is 90.8 Å². The number of hydrogen-bond acceptors (Lipinski definition) is 7. The number of halogens is 2. The zero-order valence-corrected chi connectivity index (χ0v) is 20.6. The smallest absolute Gasteiger partial charge is 0.179 e. The van der Waals surface area contributed by atoms with Gasteiger partial charge in [-0.3, -0.25) is 4.98 Å². The van der Waals surface area contributed by atoms with Gasteiger partial charge in [0.2, 0.25) is 0 Å². The van der Waals surface area contributed by atoms with Gasteiger partial charge in [-0.25, -0.2) is 25.6 Å². The predicted octanol–water partition coefficient (Wildman–Crippen LogP) is 5.42. The van der Waals surface area contributed by atoms with E-state index >= 15 is 0 Å². The second-order valence-electron chi connectivity index (χ2n) is 7.87. The first-order valence-electron chi connectivity index (χ1n) is 10.3. The summed E-state index contributed by atoms with van der Waals surface area (Å²) in [6, 6.07) is 14.7. The Hall–Kier alpha value is -3.83. The van der Waals surface area contributed by atoms with Gasteiger partial charge in [-0.15, -0.1) is 0 Å². The van der Waals surface area contributed by atoms with Crippen LogP contribution >= 0.6 is 0 Å². The van der Waals surface area contributed by atoms with Crippen LogP contribution in [0.2, 0.25) is 0 Å². The molecule has 0 saturated carbocycles. The average molecular weight is 532 g/mol. The number of rotatable bonds is 7. The van der Waals surface area contributed by atoms with Gasteiger partial charge >= 0.3 is 0 Å². The Bertz CT molecular complexity index is 1650. The molecule has 7 nitrogen and oxygen atoms in total. The highest BCUT2D eigenvalue weighted by Crippen LogP contribution is 2.35. The predicted molar refractivity (Wildman–Crippen MR) is 129 cm³/mol. The van der Waals surface area contributed by atoms with Gasteiger partial charge < -0.3 is 9.47 Å². The molecule has 0 spiro atoms. The Morgan fingerprint density at radius 2 is 1.33 bits per heavy atom. The van der Waals surface area contributed by atoms with Crippen LogP contribution in [-0.4, -0.2) is 34.3 Å². The monoisotopic (exact) mass is 531 g/mol. The second kappa shape index (κ2) is 9.67. The lowest BCUT2D eigenvalue weighted by atomic mass is 10.1. The number of aromatic nitrogens is 1. The third-order valence-corrected chi connectivity index (χ3v) is 7.24. The van der Waals surface area contributed by atoms with Crippen LogP contribution in [0.3, 0.4) is 0 Å². The number of nitrogens with zero attached hydrogens (tertiary/aromatic N) is 1. The molecule has 0 aliphatic carbocycles. The molecule has 0 radical (unpaired) electrons. The molecular weight excluding hydrogens is 512 g/mol. The van der Waals surface area contributed by atoms with Crippen molar-refractivity contribution in [1.29, 1.82) is 0 Å². The van der Waals surface area contributed by atoms with Gasteiger partial charge in [0.05, 0.1) is 11.1 Å². The van der Waals surface area contributed by atoms with Gasteiger partial charge in [-0.2, -0.15) is 0 Å². The van der Waals surface area contributed by atoms with Crippen LogP contribution in [0.5, 0.6) is 23.0 Å². The number of sulfone groups is 2. The summed E-state index contributed by atoms with van der Waals surface area (Å²) in [5, 5.41) is 0. The molecule has 0 aliphatic heterocycles. The van der Waals surface area contributed by atoms with Gasteiger partial charge in [-0.05, 0) is 60.2 Å². The Balaban J connectivity index is 1.62. The molecule has 0 amide bonds. The van der Waals surface area contributed by atoms with Crippen molar-refractivity contribution in [1.82, 2.24) is 4.98 Å². The fraction of sp³-hybridized carbons (Fsp3) is 0.0800. The molecule has 4 aromatic rings. The fourth-order valence-corrected chi connectivity index (χ4v) is 4.69. The highest BCUT2D eigenvalue weighted by atomic mass is 32.2. The Morgan fingerprint density at radius 1 is 0.639 bits per heavy atom. The minimum atomic E-state index is -3.75. The molecule has 0 atom stereocenters. The maximum absolute atomic E-state index is 13.6. The summed E-state index contributed by atoms with van der Waals surface area (Å²) in [6.45, 7) is 0. The fourth-order valence-electron chi connectivity index (χ4n) is 3.25.